The standard InChI is InChI=1S/C21H26N2O4S/c1-15-7-12-19(28(25,26)23-13-5-4-6-16(23)2)14-20(15)21(24)22-17-8-10-18(27-3)11-9-17/h7-12,14,16H,4-6,13H2,1-3H3,(H,22,24). The van der Waals surface area contributed by atoms with Crippen LogP contribution in [0.15, 0.2) is 47.4 Å². The molecule has 1 N–H and O–H groups in total. The minimum atomic E-state index is -3.63. The Labute approximate surface area is 166 Å². The second-order valence-corrected chi connectivity index (χ2v) is 9.01. The molecule has 1 fully saturated rings. The molecule has 0 aliphatic carbocycles. The minimum Gasteiger partial charge on any atom is -0.497 e. The van der Waals surface area contributed by atoms with Crippen LogP contribution in [0.5, 0.6) is 5.75 Å². The van der Waals surface area contributed by atoms with Gasteiger partial charge in [0.05, 0.1) is 12.0 Å². The molecule has 1 saturated heterocycles. The fraction of sp³-hybridized carbons (Fsp3) is 0.381. The van der Waals surface area contributed by atoms with Crippen LogP contribution in [0.4, 0.5) is 5.69 Å². The highest BCUT2D eigenvalue weighted by atomic mass is 32.2. The molecule has 1 amide bonds. The van der Waals surface area contributed by atoms with Crippen LogP contribution < -0.4 is 10.1 Å². The summed E-state index contributed by atoms with van der Waals surface area (Å²) in [4.78, 5) is 12.9. The molecule has 150 valence electrons. The number of aryl methyl sites for hydroxylation is 1. The molecule has 0 spiro atoms. The van der Waals surface area contributed by atoms with Gasteiger partial charge in [0, 0.05) is 23.8 Å². The van der Waals surface area contributed by atoms with E-state index >= 15 is 0 Å². The molecule has 28 heavy (non-hydrogen) atoms. The van der Waals surface area contributed by atoms with E-state index in [0.717, 1.165) is 24.8 Å². The maximum atomic E-state index is 13.1. The van der Waals surface area contributed by atoms with Crippen molar-refractivity contribution in [2.45, 2.75) is 44.0 Å². The number of sulfonamides is 1. The lowest BCUT2D eigenvalue weighted by Crippen LogP contribution is -2.42. The minimum absolute atomic E-state index is 0.0309. The van der Waals surface area contributed by atoms with Gasteiger partial charge in [-0.3, -0.25) is 4.79 Å². The van der Waals surface area contributed by atoms with Crippen molar-refractivity contribution in [3.05, 3.63) is 53.6 Å². The molecule has 1 atom stereocenters. The normalized spacial score (nSPS) is 17.9. The van der Waals surface area contributed by atoms with Crippen LogP contribution in [-0.2, 0) is 10.0 Å². The Balaban J connectivity index is 1.87. The van der Waals surface area contributed by atoms with Gasteiger partial charge in [-0.25, -0.2) is 8.42 Å². The molecule has 0 bridgehead atoms. The Kier molecular flexibility index (Phi) is 6.05. The molecule has 1 heterocycles. The third kappa shape index (κ3) is 4.20. The average molecular weight is 403 g/mol. The third-order valence-corrected chi connectivity index (χ3v) is 7.16. The van der Waals surface area contributed by atoms with Gasteiger partial charge >= 0.3 is 0 Å². The number of hydrogen-bond donors (Lipinski definition) is 1. The van der Waals surface area contributed by atoms with E-state index in [1.807, 2.05) is 6.92 Å². The van der Waals surface area contributed by atoms with Crippen molar-refractivity contribution >= 4 is 21.6 Å². The van der Waals surface area contributed by atoms with E-state index in [1.165, 1.54) is 6.07 Å². The van der Waals surface area contributed by atoms with Crippen LogP contribution in [0, 0.1) is 6.92 Å². The SMILES string of the molecule is COc1ccc(NC(=O)c2cc(S(=O)(=O)N3CCCCC3C)ccc2C)cc1. The van der Waals surface area contributed by atoms with Gasteiger partial charge in [0.1, 0.15) is 5.75 Å². The van der Waals surface area contributed by atoms with Crippen molar-refractivity contribution in [3.63, 3.8) is 0 Å². The van der Waals surface area contributed by atoms with Crippen LogP contribution >= 0.6 is 0 Å². The number of piperidine rings is 1. The van der Waals surface area contributed by atoms with Crippen LogP contribution in [0.1, 0.15) is 42.1 Å². The Hall–Kier alpha value is -2.38. The fourth-order valence-electron chi connectivity index (χ4n) is 3.44. The first-order chi connectivity index (χ1) is 13.3. The molecule has 1 aliphatic heterocycles. The first kappa shape index (κ1) is 20.4. The molecule has 7 heteroatoms. The number of carbonyl (C=O) groups excluding carboxylic acids is 1. The van der Waals surface area contributed by atoms with E-state index in [9.17, 15) is 13.2 Å². The smallest absolute Gasteiger partial charge is 0.255 e. The monoisotopic (exact) mass is 402 g/mol. The Morgan fingerprint density at radius 2 is 1.86 bits per heavy atom. The third-order valence-electron chi connectivity index (χ3n) is 5.15. The van der Waals surface area contributed by atoms with Crippen LogP contribution in [0.3, 0.4) is 0 Å². The Morgan fingerprint density at radius 1 is 1.14 bits per heavy atom. The van der Waals surface area contributed by atoms with Gasteiger partial charge in [-0.15, -0.1) is 0 Å². The van der Waals surface area contributed by atoms with Crippen LogP contribution in [0.25, 0.3) is 0 Å². The average Bonchev–Trinajstić information content (AvgIpc) is 2.69. The number of anilines is 1. The van der Waals surface area contributed by atoms with Crippen molar-refractivity contribution in [2.24, 2.45) is 0 Å². The molecule has 1 aliphatic rings. The van der Waals surface area contributed by atoms with Crippen molar-refractivity contribution in [1.82, 2.24) is 4.31 Å². The zero-order valence-electron chi connectivity index (χ0n) is 16.4. The number of methoxy groups -OCH3 is 1. The highest BCUT2D eigenvalue weighted by Crippen LogP contribution is 2.27. The lowest BCUT2D eigenvalue weighted by Gasteiger charge is -2.32. The number of benzene rings is 2. The summed E-state index contributed by atoms with van der Waals surface area (Å²) in [7, 11) is -2.05. The maximum Gasteiger partial charge on any atom is 0.255 e. The van der Waals surface area contributed by atoms with Gasteiger partial charge in [-0.2, -0.15) is 4.31 Å². The van der Waals surface area contributed by atoms with E-state index in [-0.39, 0.29) is 16.8 Å². The molecule has 1 unspecified atom stereocenters. The number of carbonyl (C=O) groups is 1. The quantitative estimate of drug-likeness (QED) is 0.825. The number of nitrogens with one attached hydrogen (secondary N) is 1. The van der Waals surface area contributed by atoms with Gasteiger partial charge in [0.25, 0.3) is 5.91 Å². The summed E-state index contributed by atoms with van der Waals surface area (Å²) in [6.45, 7) is 4.25. The van der Waals surface area contributed by atoms with Crippen molar-refractivity contribution in [2.75, 3.05) is 19.0 Å². The van der Waals surface area contributed by atoms with Crippen molar-refractivity contribution in [1.29, 1.82) is 0 Å². The summed E-state index contributed by atoms with van der Waals surface area (Å²) in [5, 5.41) is 2.81. The summed E-state index contributed by atoms with van der Waals surface area (Å²) < 4.78 is 32.8. The molecular weight excluding hydrogens is 376 g/mol. The maximum absolute atomic E-state index is 13.1. The number of amides is 1. The van der Waals surface area contributed by atoms with E-state index in [4.69, 9.17) is 4.74 Å². The zero-order chi connectivity index (χ0) is 20.3. The largest absolute Gasteiger partial charge is 0.497 e. The van der Waals surface area contributed by atoms with Crippen LogP contribution in [0.2, 0.25) is 0 Å². The van der Waals surface area contributed by atoms with Gasteiger partial charge in [-0.1, -0.05) is 12.5 Å². The predicted octanol–water partition coefficient (Wildman–Crippen LogP) is 3.82. The second kappa shape index (κ2) is 8.32. The summed E-state index contributed by atoms with van der Waals surface area (Å²) in [5.74, 6) is 0.351. The molecule has 6 nitrogen and oxygen atoms in total. The van der Waals surface area contributed by atoms with Gasteiger partial charge in [0.2, 0.25) is 10.0 Å². The van der Waals surface area contributed by atoms with Gasteiger partial charge < -0.3 is 10.1 Å². The first-order valence-corrected chi connectivity index (χ1v) is 10.8. The topological polar surface area (TPSA) is 75.7 Å². The summed E-state index contributed by atoms with van der Waals surface area (Å²) in [6.07, 6.45) is 2.76. The number of hydrogen-bond acceptors (Lipinski definition) is 4. The lowest BCUT2D eigenvalue weighted by molar-refractivity contribution is 0.102. The number of nitrogens with zero attached hydrogens (tertiary/aromatic N) is 1. The first-order valence-electron chi connectivity index (χ1n) is 9.41. The van der Waals surface area contributed by atoms with E-state index in [0.29, 0.717) is 23.5 Å². The highest BCUT2D eigenvalue weighted by molar-refractivity contribution is 7.89. The van der Waals surface area contributed by atoms with E-state index in [1.54, 1.807) is 54.7 Å². The second-order valence-electron chi connectivity index (χ2n) is 7.12. The van der Waals surface area contributed by atoms with Crippen LogP contribution in [-0.4, -0.2) is 38.3 Å². The predicted molar refractivity (Wildman–Crippen MR) is 109 cm³/mol. The zero-order valence-corrected chi connectivity index (χ0v) is 17.3. The summed E-state index contributed by atoms with van der Waals surface area (Å²) in [5.41, 5.74) is 1.68. The number of ether oxygens (including phenoxy) is 1. The van der Waals surface area contributed by atoms with Gasteiger partial charge in [-0.05, 0) is 68.7 Å². The fourth-order valence-corrected chi connectivity index (χ4v) is 5.17. The molecule has 0 saturated carbocycles. The highest BCUT2D eigenvalue weighted by Gasteiger charge is 2.31. The number of rotatable bonds is 5. The Bertz CT molecular complexity index is 955. The molecular formula is C21H26N2O4S. The van der Waals surface area contributed by atoms with E-state index in [2.05, 4.69) is 5.32 Å². The molecule has 0 aromatic heterocycles. The van der Waals surface area contributed by atoms with Crippen molar-refractivity contribution in [3.8, 4) is 5.75 Å². The molecule has 2 aromatic rings. The Morgan fingerprint density at radius 3 is 2.50 bits per heavy atom. The molecule has 3 rings (SSSR count). The lowest BCUT2D eigenvalue weighted by atomic mass is 10.1. The molecule has 2 aromatic carbocycles. The molecule has 0 radical (unpaired) electrons. The van der Waals surface area contributed by atoms with Crippen molar-refractivity contribution < 1.29 is 17.9 Å². The van der Waals surface area contributed by atoms with Gasteiger partial charge in [0.15, 0.2) is 0 Å². The summed E-state index contributed by atoms with van der Waals surface area (Å²) >= 11 is 0. The summed E-state index contributed by atoms with van der Waals surface area (Å²) in [6, 6.07) is 11.7. The van der Waals surface area contributed by atoms with E-state index < -0.39 is 10.0 Å².